The summed E-state index contributed by atoms with van der Waals surface area (Å²) in [6.07, 6.45) is -9.30. The lowest BCUT2D eigenvalue weighted by molar-refractivity contribution is -0.236. The Kier molecular flexibility index (Phi) is 9.91. The molecule has 0 spiro atoms. The number of hydrogen-bond acceptors (Lipinski definition) is 2. The molecule has 0 aliphatic rings. The van der Waals surface area contributed by atoms with Crippen molar-refractivity contribution in [2.24, 2.45) is 16.2 Å². The normalized spacial score (nSPS) is 16.3. The average molecular weight is 521 g/mol. The van der Waals surface area contributed by atoms with Crippen molar-refractivity contribution in [1.29, 1.82) is 0 Å². The van der Waals surface area contributed by atoms with E-state index >= 15 is 0 Å². The average Bonchev–Trinajstić information content (AvgIpc) is 2.63. The highest BCUT2D eigenvalue weighted by Gasteiger charge is 2.55. The number of benzene rings is 1. The van der Waals surface area contributed by atoms with Crippen LogP contribution in [0.5, 0.6) is 0 Å². The zero-order valence-corrected chi connectivity index (χ0v) is 23.1. The largest absolute Gasteiger partial charge is 0.395 e. The SMILES string of the molecule is [B]C(C)(CC(C)(C)COCc1ccccc1)N(CC(C)(C)C(F)(F)F)C(C)(C)CC(C)(C)C(F)(F)F. The maximum atomic E-state index is 13.9. The molecule has 0 aliphatic carbocycles. The van der Waals surface area contributed by atoms with Crippen molar-refractivity contribution in [3.8, 4) is 0 Å². The molecule has 1 aromatic rings. The van der Waals surface area contributed by atoms with E-state index in [1.54, 1.807) is 6.92 Å². The number of alkyl halides is 6. The van der Waals surface area contributed by atoms with Crippen molar-refractivity contribution in [2.75, 3.05) is 13.2 Å². The van der Waals surface area contributed by atoms with Gasteiger partial charge in [0.2, 0.25) is 0 Å². The zero-order valence-electron chi connectivity index (χ0n) is 23.1. The van der Waals surface area contributed by atoms with Crippen LogP contribution in [0.2, 0.25) is 0 Å². The van der Waals surface area contributed by atoms with Crippen molar-refractivity contribution in [1.82, 2.24) is 4.90 Å². The molecule has 0 heterocycles. The Morgan fingerprint density at radius 3 is 1.64 bits per heavy atom. The van der Waals surface area contributed by atoms with Crippen molar-refractivity contribution in [3.63, 3.8) is 0 Å². The molecule has 0 saturated heterocycles. The van der Waals surface area contributed by atoms with Crippen LogP contribution in [0.25, 0.3) is 0 Å². The van der Waals surface area contributed by atoms with E-state index in [4.69, 9.17) is 12.6 Å². The summed E-state index contributed by atoms with van der Waals surface area (Å²) < 4.78 is 88.8. The van der Waals surface area contributed by atoms with Gasteiger partial charge in [0.1, 0.15) is 0 Å². The molecule has 1 atom stereocenters. The molecule has 0 N–H and O–H groups in total. The van der Waals surface area contributed by atoms with Gasteiger partial charge < -0.3 is 9.64 Å². The molecule has 206 valence electrons. The predicted molar refractivity (Wildman–Crippen MR) is 134 cm³/mol. The number of nitrogens with zero attached hydrogens (tertiary/aromatic N) is 1. The minimum absolute atomic E-state index is 0.207. The molecule has 0 fully saturated rings. The van der Waals surface area contributed by atoms with Crippen LogP contribution in [0, 0.1) is 16.2 Å². The zero-order chi connectivity index (χ0) is 28.4. The fourth-order valence-electron chi connectivity index (χ4n) is 4.98. The Labute approximate surface area is 214 Å². The van der Waals surface area contributed by atoms with Crippen LogP contribution in [0.1, 0.15) is 80.7 Å². The number of ether oxygens (including phenoxy) is 1. The molecule has 0 aliphatic heterocycles. The van der Waals surface area contributed by atoms with Gasteiger partial charge in [-0.15, -0.1) is 0 Å². The van der Waals surface area contributed by atoms with E-state index in [9.17, 15) is 26.3 Å². The molecule has 1 unspecified atom stereocenters. The molecular weight excluding hydrogens is 479 g/mol. The highest BCUT2D eigenvalue weighted by Crippen LogP contribution is 2.48. The van der Waals surface area contributed by atoms with Gasteiger partial charge in [0, 0.05) is 12.1 Å². The van der Waals surface area contributed by atoms with Gasteiger partial charge in [0.05, 0.1) is 31.9 Å². The summed E-state index contributed by atoms with van der Waals surface area (Å²) in [5, 5.41) is 0. The van der Waals surface area contributed by atoms with E-state index < -0.39 is 52.5 Å². The summed E-state index contributed by atoms with van der Waals surface area (Å²) in [6.45, 7) is 12.8. The van der Waals surface area contributed by atoms with Crippen molar-refractivity contribution >= 4 is 7.85 Å². The van der Waals surface area contributed by atoms with Gasteiger partial charge in [0.15, 0.2) is 0 Å². The fraction of sp³-hybridized carbons (Fsp3) is 0.778. The lowest BCUT2D eigenvalue weighted by Crippen LogP contribution is -2.64. The van der Waals surface area contributed by atoms with Crippen LogP contribution in [0.3, 0.4) is 0 Å². The van der Waals surface area contributed by atoms with E-state index in [-0.39, 0.29) is 13.0 Å². The van der Waals surface area contributed by atoms with E-state index in [0.29, 0.717) is 6.61 Å². The number of hydrogen-bond donors (Lipinski definition) is 0. The van der Waals surface area contributed by atoms with Crippen LogP contribution < -0.4 is 0 Å². The molecular formula is C27H42BF6NO. The molecule has 1 aromatic carbocycles. The summed E-state index contributed by atoms with van der Waals surface area (Å²) >= 11 is 0. The second-order valence-electron chi connectivity index (χ2n) is 13.0. The van der Waals surface area contributed by atoms with Crippen LogP contribution in [0.15, 0.2) is 30.3 Å². The summed E-state index contributed by atoms with van der Waals surface area (Å²) in [6, 6.07) is 9.53. The smallest absolute Gasteiger partial charge is 0.376 e. The maximum absolute atomic E-state index is 13.9. The monoisotopic (exact) mass is 521 g/mol. The molecule has 0 saturated carbocycles. The van der Waals surface area contributed by atoms with Crippen LogP contribution >= 0.6 is 0 Å². The molecule has 0 aromatic heterocycles. The van der Waals surface area contributed by atoms with Gasteiger partial charge in [-0.3, -0.25) is 0 Å². The first-order valence-electron chi connectivity index (χ1n) is 12.1. The van der Waals surface area contributed by atoms with Crippen molar-refractivity contribution in [3.05, 3.63) is 35.9 Å². The lowest BCUT2D eigenvalue weighted by atomic mass is 9.64. The van der Waals surface area contributed by atoms with Gasteiger partial charge >= 0.3 is 12.4 Å². The summed E-state index contributed by atoms with van der Waals surface area (Å²) in [7, 11) is 6.72. The fourth-order valence-corrected chi connectivity index (χ4v) is 4.98. The molecule has 9 heteroatoms. The standard InChI is InChI=1S/C27H42BF6NO/c1-21(2,19-36-15-20-13-11-10-12-14-20)16-25(9,28)35(18-23(5,6)27(32,33)34)24(7,8)17-22(3,4)26(29,30)31/h10-14H,15-19H2,1-9H3. The third-order valence-electron chi connectivity index (χ3n) is 6.75. The first-order valence-corrected chi connectivity index (χ1v) is 12.1. The molecule has 0 amide bonds. The predicted octanol–water partition coefficient (Wildman–Crippen LogP) is 8.15. The number of halogens is 6. The summed E-state index contributed by atoms with van der Waals surface area (Å²) in [5.41, 5.74) is -6.55. The Morgan fingerprint density at radius 1 is 0.722 bits per heavy atom. The van der Waals surface area contributed by atoms with Crippen molar-refractivity contribution in [2.45, 2.75) is 105 Å². The Balaban J connectivity index is 3.25. The maximum Gasteiger partial charge on any atom is 0.395 e. The van der Waals surface area contributed by atoms with Gasteiger partial charge in [-0.25, -0.2) is 0 Å². The van der Waals surface area contributed by atoms with Crippen LogP contribution in [-0.2, 0) is 11.3 Å². The van der Waals surface area contributed by atoms with Gasteiger partial charge in [-0.2, -0.15) is 26.3 Å². The summed E-state index contributed by atoms with van der Waals surface area (Å²) in [5.74, 6) is 0. The second-order valence-corrected chi connectivity index (χ2v) is 13.0. The third kappa shape index (κ3) is 8.96. The first-order chi connectivity index (χ1) is 15.8. The minimum atomic E-state index is -4.56. The van der Waals surface area contributed by atoms with Crippen LogP contribution in [-0.4, -0.2) is 49.2 Å². The molecule has 2 radical (unpaired) electrons. The van der Waals surface area contributed by atoms with Crippen molar-refractivity contribution < 1.29 is 31.1 Å². The Bertz CT molecular complexity index is 829. The molecule has 0 bridgehead atoms. The van der Waals surface area contributed by atoms with E-state index in [1.807, 2.05) is 44.2 Å². The molecule has 36 heavy (non-hydrogen) atoms. The van der Waals surface area contributed by atoms with Gasteiger partial charge in [-0.05, 0) is 57.0 Å². The van der Waals surface area contributed by atoms with E-state index in [1.165, 1.54) is 18.7 Å². The minimum Gasteiger partial charge on any atom is -0.376 e. The summed E-state index contributed by atoms with van der Waals surface area (Å²) in [4.78, 5) is 1.42. The Morgan fingerprint density at radius 2 is 1.19 bits per heavy atom. The third-order valence-corrected chi connectivity index (χ3v) is 6.75. The van der Waals surface area contributed by atoms with Gasteiger partial charge in [0.25, 0.3) is 0 Å². The molecule has 2 nitrogen and oxygen atoms in total. The second kappa shape index (κ2) is 10.9. The first kappa shape index (κ1) is 32.8. The van der Waals surface area contributed by atoms with E-state index in [0.717, 1.165) is 33.3 Å². The molecule has 1 rings (SSSR count). The van der Waals surface area contributed by atoms with E-state index in [2.05, 4.69) is 0 Å². The van der Waals surface area contributed by atoms with Gasteiger partial charge in [-0.1, -0.05) is 65.0 Å². The van der Waals surface area contributed by atoms with Crippen LogP contribution in [0.4, 0.5) is 26.3 Å². The highest BCUT2D eigenvalue weighted by atomic mass is 19.4. The highest BCUT2D eigenvalue weighted by molar-refractivity contribution is 6.15. The topological polar surface area (TPSA) is 12.5 Å². The quantitative estimate of drug-likeness (QED) is 0.203. The number of rotatable bonds is 12. The Hall–Kier alpha value is -1.22. The lowest BCUT2D eigenvalue weighted by Gasteiger charge is -2.55.